The predicted octanol–water partition coefficient (Wildman–Crippen LogP) is 3.34. The van der Waals surface area contributed by atoms with Crippen LogP contribution in [0.5, 0.6) is 0 Å². The second-order valence-electron chi connectivity index (χ2n) is 5.44. The molecule has 1 heterocycles. The Morgan fingerprint density at radius 3 is 2.46 bits per heavy atom. The molecule has 0 aliphatic rings. The molecule has 1 N–H and O–H groups in total. The fraction of sp³-hybridized carbons (Fsp3) is 0.158. The topological polar surface area (TPSA) is 56.1 Å². The summed E-state index contributed by atoms with van der Waals surface area (Å²) in [5.74, 6) is 0.426. The minimum absolute atomic E-state index is 0.00604. The van der Waals surface area contributed by atoms with E-state index in [9.17, 15) is 4.79 Å². The Hall–Kier alpha value is -2.92. The monoisotopic (exact) mass is 321 g/mol. The van der Waals surface area contributed by atoms with Crippen LogP contribution in [0.1, 0.15) is 11.3 Å². The van der Waals surface area contributed by atoms with Crippen molar-refractivity contribution in [3.63, 3.8) is 0 Å². The summed E-state index contributed by atoms with van der Waals surface area (Å²) < 4.78 is 7.18. The summed E-state index contributed by atoms with van der Waals surface area (Å²) in [5, 5.41) is 7.28. The maximum atomic E-state index is 12.1. The van der Waals surface area contributed by atoms with E-state index in [4.69, 9.17) is 4.74 Å². The number of amides is 1. The van der Waals surface area contributed by atoms with Gasteiger partial charge in [0.25, 0.3) is 5.91 Å². The van der Waals surface area contributed by atoms with E-state index < -0.39 is 0 Å². The van der Waals surface area contributed by atoms with Crippen molar-refractivity contribution in [2.45, 2.75) is 13.5 Å². The fourth-order valence-corrected chi connectivity index (χ4v) is 2.37. The second kappa shape index (κ2) is 7.57. The van der Waals surface area contributed by atoms with Gasteiger partial charge in [0.05, 0.1) is 18.0 Å². The van der Waals surface area contributed by atoms with Gasteiger partial charge < -0.3 is 10.1 Å². The summed E-state index contributed by atoms with van der Waals surface area (Å²) >= 11 is 0. The van der Waals surface area contributed by atoms with Gasteiger partial charge in [-0.05, 0) is 24.6 Å². The van der Waals surface area contributed by atoms with Crippen LogP contribution in [0.25, 0.3) is 5.69 Å². The van der Waals surface area contributed by atoms with E-state index in [-0.39, 0.29) is 12.5 Å². The maximum Gasteiger partial charge on any atom is 0.251 e. The first-order valence-corrected chi connectivity index (χ1v) is 7.76. The molecule has 0 spiro atoms. The first-order chi connectivity index (χ1) is 11.7. The molecular weight excluding hydrogens is 302 g/mol. The molecular formula is C19H19N3O2. The molecule has 2 aromatic carbocycles. The molecule has 3 rings (SSSR count). The lowest BCUT2D eigenvalue weighted by Crippen LogP contribution is -2.20. The number of nitrogens with one attached hydrogen (secondary N) is 1. The van der Waals surface area contributed by atoms with Crippen molar-refractivity contribution >= 4 is 11.7 Å². The molecule has 0 saturated heterocycles. The van der Waals surface area contributed by atoms with Gasteiger partial charge in [0.1, 0.15) is 12.4 Å². The molecule has 0 fully saturated rings. The minimum Gasteiger partial charge on any atom is -0.367 e. The van der Waals surface area contributed by atoms with Gasteiger partial charge in [-0.3, -0.25) is 4.79 Å². The first-order valence-electron chi connectivity index (χ1n) is 7.76. The number of aryl methyl sites for hydroxylation is 1. The standard InChI is InChI=1S/C19H19N3O2/c1-15-12-18(22(21-15)17-10-6-3-7-11-17)20-19(23)14-24-13-16-8-4-2-5-9-16/h2-12H,13-14H2,1H3,(H,20,23). The van der Waals surface area contributed by atoms with Crippen LogP contribution in [0.3, 0.4) is 0 Å². The van der Waals surface area contributed by atoms with E-state index in [1.54, 1.807) is 4.68 Å². The van der Waals surface area contributed by atoms with Gasteiger partial charge in [0.15, 0.2) is 0 Å². The Morgan fingerprint density at radius 2 is 1.75 bits per heavy atom. The lowest BCUT2D eigenvalue weighted by molar-refractivity contribution is -0.121. The summed E-state index contributed by atoms with van der Waals surface area (Å²) in [4.78, 5) is 12.1. The third-order valence-corrected chi connectivity index (χ3v) is 3.44. The second-order valence-corrected chi connectivity index (χ2v) is 5.44. The van der Waals surface area contributed by atoms with Crippen LogP contribution in [0, 0.1) is 6.92 Å². The van der Waals surface area contributed by atoms with Crippen molar-refractivity contribution in [1.82, 2.24) is 9.78 Å². The van der Waals surface area contributed by atoms with E-state index in [1.165, 1.54) is 0 Å². The predicted molar refractivity (Wildman–Crippen MR) is 93.0 cm³/mol. The van der Waals surface area contributed by atoms with Crippen LogP contribution in [0.4, 0.5) is 5.82 Å². The van der Waals surface area contributed by atoms with Gasteiger partial charge in [0.2, 0.25) is 0 Å². The number of anilines is 1. The number of aromatic nitrogens is 2. The number of carbonyl (C=O) groups excluding carboxylic acids is 1. The zero-order valence-electron chi connectivity index (χ0n) is 13.5. The molecule has 5 heteroatoms. The number of ether oxygens (including phenoxy) is 1. The molecule has 1 aromatic heterocycles. The Balaban J connectivity index is 1.61. The molecule has 1 amide bonds. The van der Waals surface area contributed by atoms with Crippen LogP contribution >= 0.6 is 0 Å². The van der Waals surface area contributed by atoms with Gasteiger partial charge >= 0.3 is 0 Å². The maximum absolute atomic E-state index is 12.1. The average Bonchev–Trinajstić information content (AvgIpc) is 2.97. The van der Waals surface area contributed by atoms with Crippen molar-refractivity contribution in [2.75, 3.05) is 11.9 Å². The van der Waals surface area contributed by atoms with Gasteiger partial charge in [-0.2, -0.15) is 5.10 Å². The van der Waals surface area contributed by atoms with Gasteiger partial charge in [-0.25, -0.2) is 4.68 Å². The Bertz CT molecular complexity index is 798. The van der Waals surface area contributed by atoms with E-state index in [2.05, 4.69) is 10.4 Å². The van der Waals surface area contributed by atoms with Gasteiger partial charge in [-0.15, -0.1) is 0 Å². The number of hydrogen-bond acceptors (Lipinski definition) is 3. The van der Waals surface area contributed by atoms with E-state index >= 15 is 0 Å². The molecule has 0 unspecified atom stereocenters. The van der Waals surface area contributed by atoms with Crippen LogP contribution in [0.15, 0.2) is 66.7 Å². The average molecular weight is 321 g/mol. The molecule has 3 aromatic rings. The highest BCUT2D eigenvalue weighted by molar-refractivity contribution is 5.91. The number of hydrogen-bond donors (Lipinski definition) is 1. The zero-order valence-corrected chi connectivity index (χ0v) is 13.5. The smallest absolute Gasteiger partial charge is 0.251 e. The molecule has 0 saturated carbocycles. The molecule has 0 atom stereocenters. The van der Waals surface area contributed by atoms with Crippen LogP contribution in [0.2, 0.25) is 0 Å². The first kappa shape index (κ1) is 16.0. The van der Waals surface area contributed by atoms with Crippen molar-refractivity contribution in [3.8, 4) is 5.69 Å². The van der Waals surface area contributed by atoms with Crippen molar-refractivity contribution < 1.29 is 9.53 Å². The molecule has 0 bridgehead atoms. The Kier molecular flexibility index (Phi) is 5.03. The largest absolute Gasteiger partial charge is 0.367 e. The van der Waals surface area contributed by atoms with Crippen molar-refractivity contribution in [2.24, 2.45) is 0 Å². The summed E-state index contributed by atoms with van der Waals surface area (Å²) in [7, 11) is 0. The Morgan fingerprint density at radius 1 is 1.08 bits per heavy atom. The third-order valence-electron chi connectivity index (χ3n) is 3.44. The van der Waals surface area contributed by atoms with E-state index in [0.717, 1.165) is 16.9 Å². The van der Waals surface area contributed by atoms with Crippen LogP contribution < -0.4 is 5.32 Å². The molecule has 24 heavy (non-hydrogen) atoms. The summed E-state index contributed by atoms with van der Waals surface area (Å²) in [6.45, 7) is 2.29. The van der Waals surface area contributed by atoms with Crippen LogP contribution in [-0.2, 0) is 16.1 Å². The summed E-state index contributed by atoms with van der Waals surface area (Å²) in [5.41, 5.74) is 2.76. The number of para-hydroxylation sites is 1. The lowest BCUT2D eigenvalue weighted by atomic mass is 10.2. The van der Waals surface area contributed by atoms with Crippen molar-refractivity contribution in [1.29, 1.82) is 0 Å². The number of nitrogens with zero attached hydrogens (tertiary/aromatic N) is 2. The minimum atomic E-state index is -0.206. The molecule has 5 nitrogen and oxygen atoms in total. The van der Waals surface area contributed by atoms with E-state index in [1.807, 2.05) is 73.7 Å². The third kappa shape index (κ3) is 4.08. The van der Waals surface area contributed by atoms with Crippen molar-refractivity contribution in [3.05, 3.63) is 78.0 Å². The number of carbonyl (C=O) groups is 1. The lowest BCUT2D eigenvalue weighted by Gasteiger charge is -2.09. The highest BCUT2D eigenvalue weighted by atomic mass is 16.5. The van der Waals surface area contributed by atoms with Gasteiger partial charge in [-0.1, -0.05) is 48.5 Å². The molecule has 0 aliphatic carbocycles. The molecule has 0 aliphatic heterocycles. The summed E-state index contributed by atoms with van der Waals surface area (Å²) in [6, 6.07) is 21.3. The van der Waals surface area contributed by atoms with Gasteiger partial charge in [0, 0.05) is 6.07 Å². The molecule has 122 valence electrons. The van der Waals surface area contributed by atoms with E-state index in [0.29, 0.717) is 12.4 Å². The summed E-state index contributed by atoms with van der Waals surface area (Å²) in [6.07, 6.45) is 0. The Labute approximate surface area is 140 Å². The van der Waals surface area contributed by atoms with Crippen LogP contribution in [-0.4, -0.2) is 22.3 Å². The highest BCUT2D eigenvalue weighted by Crippen LogP contribution is 2.16. The quantitative estimate of drug-likeness (QED) is 0.757. The highest BCUT2D eigenvalue weighted by Gasteiger charge is 2.10. The SMILES string of the molecule is Cc1cc(NC(=O)COCc2ccccc2)n(-c2ccccc2)n1. The normalized spacial score (nSPS) is 10.5. The molecule has 0 radical (unpaired) electrons. The fourth-order valence-electron chi connectivity index (χ4n) is 2.37. The number of benzene rings is 2. The number of rotatable bonds is 6. The zero-order chi connectivity index (χ0) is 16.8.